The average Bonchev–Trinajstić information content (AvgIpc) is 2.81. The van der Waals surface area contributed by atoms with Crippen LogP contribution in [0.1, 0.15) is 76.3 Å². The number of rotatable bonds is 7. The number of carbonyl (C=O) groups excluding carboxylic acids is 2. The fourth-order valence-corrected chi connectivity index (χ4v) is 4.55. The number of amides is 2. The van der Waals surface area contributed by atoms with E-state index in [1.54, 1.807) is 0 Å². The van der Waals surface area contributed by atoms with Gasteiger partial charge in [0.1, 0.15) is 11.4 Å². The molecule has 7 nitrogen and oxygen atoms in total. The third-order valence-electron chi connectivity index (χ3n) is 5.11. The summed E-state index contributed by atoms with van der Waals surface area (Å²) in [5.41, 5.74) is 0.929. The lowest BCUT2D eigenvalue weighted by Crippen LogP contribution is -2.56. The molecule has 1 aromatic heterocycles. The SMILES string of the molecule is Cc1noc(C)c1CSCC(=O)NCC1(NC(=O)OC(C)(C)C)CCCCCC1. The number of nitrogens with one attached hydrogen (secondary N) is 2. The second-order valence-corrected chi connectivity index (χ2v) is 9.88. The van der Waals surface area contributed by atoms with Crippen LogP contribution in [0.3, 0.4) is 0 Å². The van der Waals surface area contributed by atoms with Crippen molar-refractivity contribution in [2.24, 2.45) is 0 Å². The second-order valence-electron chi connectivity index (χ2n) is 8.89. The van der Waals surface area contributed by atoms with Crippen LogP contribution in [0.15, 0.2) is 4.52 Å². The predicted octanol–water partition coefficient (Wildman–Crippen LogP) is 4.26. The predicted molar refractivity (Wildman–Crippen MR) is 115 cm³/mol. The molecule has 29 heavy (non-hydrogen) atoms. The number of aryl methyl sites for hydroxylation is 2. The van der Waals surface area contributed by atoms with Crippen molar-refractivity contribution in [1.29, 1.82) is 0 Å². The Kier molecular flexibility index (Phi) is 8.43. The second kappa shape index (κ2) is 10.4. The van der Waals surface area contributed by atoms with Crippen LogP contribution >= 0.6 is 11.8 Å². The topological polar surface area (TPSA) is 93.5 Å². The molecule has 1 aliphatic rings. The van der Waals surface area contributed by atoms with E-state index in [4.69, 9.17) is 9.26 Å². The molecule has 2 rings (SSSR count). The van der Waals surface area contributed by atoms with Crippen LogP contribution in [0.4, 0.5) is 4.79 Å². The number of thioether (sulfide) groups is 1. The molecule has 0 bridgehead atoms. The lowest BCUT2D eigenvalue weighted by atomic mass is 9.90. The number of hydrogen-bond acceptors (Lipinski definition) is 6. The zero-order valence-electron chi connectivity index (χ0n) is 18.4. The summed E-state index contributed by atoms with van der Waals surface area (Å²) in [5, 5.41) is 10.0. The summed E-state index contributed by atoms with van der Waals surface area (Å²) in [6.07, 6.45) is 5.65. The maximum Gasteiger partial charge on any atom is 0.408 e. The van der Waals surface area contributed by atoms with E-state index in [0.717, 1.165) is 55.5 Å². The Morgan fingerprint density at radius 3 is 2.38 bits per heavy atom. The van der Waals surface area contributed by atoms with Gasteiger partial charge in [0.05, 0.1) is 17.0 Å². The molecular weight excluding hydrogens is 390 g/mol. The normalized spacial score (nSPS) is 16.7. The van der Waals surface area contributed by atoms with Crippen molar-refractivity contribution in [3.05, 3.63) is 17.0 Å². The first kappa shape index (κ1) is 23.6. The van der Waals surface area contributed by atoms with Crippen molar-refractivity contribution in [2.45, 2.75) is 90.0 Å². The molecule has 0 radical (unpaired) electrons. The number of aromatic nitrogens is 1. The van der Waals surface area contributed by atoms with Crippen molar-refractivity contribution in [3.63, 3.8) is 0 Å². The van der Waals surface area contributed by atoms with Crippen LogP contribution in [0.2, 0.25) is 0 Å². The van der Waals surface area contributed by atoms with E-state index in [0.29, 0.717) is 18.1 Å². The molecule has 1 saturated carbocycles. The number of ether oxygens (including phenoxy) is 1. The van der Waals surface area contributed by atoms with Crippen LogP contribution in [-0.4, -0.2) is 40.6 Å². The van der Waals surface area contributed by atoms with Gasteiger partial charge >= 0.3 is 6.09 Å². The Morgan fingerprint density at radius 1 is 1.17 bits per heavy atom. The van der Waals surface area contributed by atoms with Crippen LogP contribution in [-0.2, 0) is 15.3 Å². The highest BCUT2D eigenvalue weighted by Crippen LogP contribution is 2.27. The zero-order chi connectivity index (χ0) is 21.5. The number of alkyl carbamates (subject to hydrolysis) is 1. The first-order valence-electron chi connectivity index (χ1n) is 10.4. The van der Waals surface area contributed by atoms with Gasteiger partial charge in [0.15, 0.2) is 0 Å². The Morgan fingerprint density at radius 2 is 1.83 bits per heavy atom. The summed E-state index contributed by atoms with van der Waals surface area (Å²) in [5.74, 6) is 1.81. The molecular formula is C21H35N3O4S. The van der Waals surface area contributed by atoms with Gasteiger partial charge in [-0.05, 0) is 47.5 Å². The molecule has 1 heterocycles. The third-order valence-corrected chi connectivity index (χ3v) is 6.07. The summed E-state index contributed by atoms with van der Waals surface area (Å²) >= 11 is 1.53. The largest absolute Gasteiger partial charge is 0.444 e. The Labute approximate surface area is 178 Å². The molecule has 0 spiro atoms. The van der Waals surface area contributed by atoms with E-state index in [-0.39, 0.29) is 5.91 Å². The van der Waals surface area contributed by atoms with Gasteiger partial charge in [-0.15, -0.1) is 11.8 Å². The fraction of sp³-hybridized carbons (Fsp3) is 0.762. The third kappa shape index (κ3) is 7.91. The summed E-state index contributed by atoms with van der Waals surface area (Å²) < 4.78 is 10.6. The fourth-order valence-electron chi connectivity index (χ4n) is 3.54. The van der Waals surface area contributed by atoms with Crippen molar-refractivity contribution in [2.75, 3.05) is 12.3 Å². The Hall–Kier alpha value is -1.70. The minimum atomic E-state index is -0.548. The molecule has 0 atom stereocenters. The Balaban J connectivity index is 1.87. The highest BCUT2D eigenvalue weighted by molar-refractivity contribution is 7.99. The van der Waals surface area contributed by atoms with Crippen molar-refractivity contribution < 1.29 is 18.8 Å². The summed E-state index contributed by atoms with van der Waals surface area (Å²) in [4.78, 5) is 24.8. The molecule has 8 heteroatoms. The zero-order valence-corrected chi connectivity index (χ0v) is 19.2. The van der Waals surface area contributed by atoms with E-state index >= 15 is 0 Å². The van der Waals surface area contributed by atoms with E-state index in [1.165, 1.54) is 11.8 Å². The lowest BCUT2D eigenvalue weighted by molar-refractivity contribution is -0.118. The highest BCUT2D eigenvalue weighted by atomic mass is 32.2. The molecule has 0 unspecified atom stereocenters. The van der Waals surface area contributed by atoms with Crippen molar-refractivity contribution in [1.82, 2.24) is 15.8 Å². The quantitative estimate of drug-likeness (QED) is 0.634. The van der Waals surface area contributed by atoms with Gasteiger partial charge in [-0.3, -0.25) is 4.79 Å². The van der Waals surface area contributed by atoms with Gasteiger partial charge in [0, 0.05) is 17.9 Å². The van der Waals surface area contributed by atoms with Gasteiger partial charge in [-0.1, -0.05) is 30.8 Å². The minimum Gasteiger partial charge on any atom is -0.444 e. The summed E-state index contributed by atoms with van der Waals surface area (Å²) in [6.45, 7) is 9.77. The molecule has 2 amide bonds. The van der Waals surface area contributed by atoms with Gasteiger partial charge < -0.3 is 19.9 Å². The number of carbonyl (C=O) groups is 2. The monoisotopic (exact) mass is 425 g/mol. The van der Waals surface area contributed by atoms with E-state index in [9.17, 15) is 9.59 Å². The van der Waals surface area contributed by atoms with Gasteiger partial charge in [-0.2, -0.15) is 0 Å². The van der Waals surface area contributed by atoms with Crippen LogP contribution in [0.25, 0.3) is 0 Å². The van der Waals surface area contributed by atoms with Crippen molar-refractivity contribution >= 4 is 23.8 Å². The van der Waals surface area contributed by atoms with Crippen LogP contribution in [0.5, 0.6) is 0 Å². The van der Waals surface area contributed by atoms with Gasteiger partial charge in [0.2, 0.25) is 5.91 Å². The first-order valence-corrected chi connectivity index (χ1v) is 11.5. The van der Waals surface area contributed by atoms with E-state index < -0.39 is 17.2 Å². The minimum absolute atomic E-state index is 0.0311. The molecule has 1 aromatic rings. The molecule has 0 aromatic carbocycles. The summed E-state index contributed by atoms with van der Waals surface area (Å²) in [7, 11) is 0. The molecule has 1 fully saturated rings. The molecule has 0 saturated heterocycles. The van der Waals surface area contributed by atoms with E-state index in [1.807, 2.05) is 34.6 Å². The van der Waals surface area contributed by atoms with Gasteiger partial charge in [0.25, 0.3) is 0 Å². The summed E-state index contributed by atoms with van der Waals surface area (Å²) in [6, 6.07) is 0. The maximum atomic E-state index is 12.4. The lowest BCUT2D eigenvalue weighted by Gasteiger charge is -2.35. The van der Waals surface area contributed by atoms with Crippen molar-refractivity contribution in [3.8, 4) is 0 Å². The van der Waals surface area contributed by atoms with Crippen LogP contribution < -0.4 is 10.6 Å². The standard InChI is InChI=1S/C21H35N3O4S/c1-15-17(16(2)28-24-15)12-29-13-18(25)22-14-21(10-8-6-7-9-11-21)23-19(26)27-20(3,4)5/h6-14H2,1-5H3,(H,22,25)(H,23,26). The highest BCUT2D eigenvalue weighted by Gasteiger charge is 2.34. The first-order chi connectivity index (χ1) is 13.6. The number of hydrogen-bond donors (Lipinski definition) is 2. The molecule has 0 aliphatic heterocycles. The Bertz CT molecular complexity index is 669. The maximum absolute atomic E-state index is 12.4. The van der Waals surface area contributed by atoms with Gasteiger partial charge in [-0.25, -0.2) is 4.79 Å². The van der Waals surface area contributed by atoms with E-state index in [2.05, 4.69) is 15.8 Å². The smallest absolute Gasteiger partial charge is 0.408 e. The molecule has 164 valence electrons. The molecule has 1 aliphatic carbocycles. The average molecular weight is 426 g/mol. The number of nitrogens with zero attached hydrogens (tertiary/aromatic N) is 1. The van der Waals surface area contributed by atoms with Crippen LogP contribution in [0, 0.1) is 13.8 Å². The molecule has 2 N–H and O–H groups in total.